The molecule has 0 amide bonds. The molecule has 10 aromatic rings. The van der Waals surface area contributed by atoms with Crippen LogP contribution in [0.4, 0.5) is 0 Å². The average Bonchev–Trinajstić information content (AvgIpc) is 3.67. The molecule has 0 fully saturated rings. The molecule has 0 saturated carbocycles. The van der Waals surface area contributed by atoms with E-state index in [0.717, 1.165) is 27.8 Å². The number of hydrogen-bond donors (Lipinski definition) is 0. The maximum atomic E-state index is 5.11. The van der Waals surface area contributed by atoms with Crippen molar-refractivity contribution in [2.75, 3.05) is 0 Å². The Morgan fingerprint density at radius 1 is 0.273 bits per heavy atom. The van der Waals surface area contributed by atoms with Crippen LogP contribution in [0.15, 0.2) is 200 Å². The number of aromatic nitrogens is 3. The van der Waals surface area contributed by atoms with E-state index >= 15 is 0 Å². The molecule has 0 bridgehead atoms. The van der Waals surface area contributed by atoms with E-state index in [4.69, 9.17) is 15.0 Å². The topological polar surface area (TPSA) is 38.7 Å². The van der Waals surface area contributed by atoms with E-state index in [9.17, 15) is 0 Å². The van der Waals surface area contributed by atoms with Crippen LogP contribution in [0.1, 0.15) is 0 Å². The fourth-order valence-corrected chi connectivity index (χ4v) is 8.77. The zero-order chi connectivity index (χ0) is 36.6. The van der Waals surface area contributed by atoms with E-state index in [1.807, 2.05) is 47.7 Å². The summed E-state index contributed by atoms with van der Waals surface area (Å²) in [5, 5.41) is 2.57. The second kappa shape index (κ2) is 14.1. The highest BCUT2D eigenvalue weighted by Crippen LogP contribution is 2.48. The maximum absolute atomic E-state index is 5.11. The predicted molar refractivity (Wildman–Crippen MR) is 231 cm³/mol. The van der Waals surface area contributed by atoms with E-state index < -0.39 is 0 Å². The van der Waals surface area contributed by atoms with E-state index in [2.05, 4.69) is 164 Å². The first-order chi connectivity index (χ1) is 27.3. The summed E-state index contributed by atoms with van der Waals surface area (Å²) in [5.74, 6) is 1.92. The standard InChI is InChI=1S/C51H33N3S/c1-5-15-34(16-6-1)35-27-29-39(30-28-35)50-52-49(38-21-11-4-12-22-38)53-51(54-50)41-24-13-23-40(33-41)44-32-31-43(37-19-9-3-10-20-37)47-46-42(36-17-7-2-8-18-36)25-14-26-45(46)55-48(44)47/h1-33H. The zero-order valence-corrected chi connectivity index (χ0v) is 30.6. The summed E-state index contributed by atoms with van der Waals surface area (Å²) in [4.78, 5) is 15.2. The minimum Gasteiger partial charge on any atom is -0.208 e. The smallest absolute Gasteiger partial charge is 0.164 e. The molecule has 10 rings (SSSR count). The Morgan fingerprint density at radius 3 is 1.31 bits per heavy atom. The minimum absolute atomic E-state index is 0.637. The lowest BCUT2D eigenvalue weighted by Gasteiger charge is -2.12. The summed E-state index contributed by atoms with van der Waals surface area (Å²) < 4.78 is 2.53. The van der Waals surface area contributed by atoms with E-state index in [1.54, 1.807) is 0 Å². The van der Waals surface area contributed by atoms with Gasteiger partial charge in [-0.05, 0) is 56.6 Å². The van der Waals surface area contributed by atoms with Gasteiger partial charge in [0.25, 0.3) is 0 Å². The molecule has 2 heterocycles. The van der Waals surface area contributed by atoms with Crippen molar-refractivity contribution in [3.63, 3.8) is 0 Å². The molecule has 0 aliphatic carbocycles. The van der Waals surface area contributed by atoms with Gasteiger partial charge in [-0.25, -0.2) is 15.0 Å². The van der Waals surface area contributed by atoms with Crippen LogP contribution in [-0.4, -0.2) is 15.0 Å². The molecule has 0 saturated heterocycles. The summed E-state index contributed by atoms with van der Waals surface area (Å²) in [7, 11) is 0. The third kappa shape index (κ3) is 6.19. The molecule has 258 valence electrons. The van der Waals surface area contributed by atoms with Crippen LogP contribution in [0.25, 0.3) is 98.8 Å². The Kier molecular flexibility index (Phi) is 8.36. The Labute approximate surface area is 323 Å². The molecule has 0 radical (unpaired) electrons. The molecule has 3 nitrogen and oxygen atoms in total. The van der Waals surface area contributed by atoms with Crippen molar-refractivity contribution in [2.45, 2.75) is 0 Å². The number of benzene rings is 8. The lowest BCUT2D eigenvalue weighted by molar-refractivity contribution is 1.07. The second-order valence-electron chi connectivity index (χ2n) is 13.6. The van der Waals surface area contributed by atoms with Crippen molar-refractivity contribution in [1.29, 1.82) is 0 Å². The lowest BCUT2D eigenvalue weighted by Crippen LogP contribution is -2.00. The van der Waals surface area contributed by atoms with Crippen molar-refractivity contribution < 1.29 is 0 Å². The third-order valence-electron chi connectivity index (χ3n) is 10.2. The molecule has 0 aliphatic heterocycles. The highest BCUT2D eigenvalue weighted by molar-refractivity contribution is 7.26. The number of fused-ring (bicyclic) bond motifs is 3. The van der Waals surface area contributed by atoms with Gasteiger partial charge in [0.2, 0.25) is 0 Å². The van der Waals surface area contributed by atoms with Crippen molar-refractivity contribution in [2.24, 2.45) is 0 Å². The highest BCUT2D eigenvalue weighted by Gasteiger charge is 2.20. The van der Waals surface area contributed by atoms with Gasteiger partial charge in [0, 0.05) is 36.9 Å². The SMILES string of the molecule is c1ccc(-c2ccc(-c3nc(-c4ccccc4)nc(-c4cccc(-c5ccc(-c6ccccc6)c6c5sc5cccc(-c7ccccc7)c56)c4)n3)cc2)cc1. The van der Waals surface area contributed by atoms with Gasteiger partial charge in [-0.3, -0.25) is 0 Å². The van der Waals surface area contributed by atoms with Crippen LogP contribution in [0.5, 0.6) is 0 Å². The van der Waals surface area contributed by atoms with Crippen LogP contribution in [0.2, 0.25) is 0 Å². The summed E-state index contributed by atoms with van der Waals surface area (Å²) in [6.07, 6.45) is 0. The Bertz CT molecular complexity index is 2940. The van der Waals surface area contributed by atoms with Gasteiger partial charge >= 0.3 is 0 Å². The first kappa shape index (κ1) is 32.6. The molecule has 0 N–H and O–H groups in total. The van der Waals surface area contributed by atoms with Crippen LogP contribution in [-0.2, 0) is 0 Å². The summed E-state index contributed by atoms with van der Waals surface area (Å²) >= 11 is 1.86. The maximum Gasteiger partial charge on any atom is 0.164 e. The van der Waals surface area contributed by atoms with Crippen LogP contribution in [0.3, 0.4) is 0 Å². The molecular formula is C51H33N3S. The quantitative estimate of drug-likeness (QED) is 0.165. The van der Waals surface area contributed by atoms with Gasteiger partial charge in [-0.15, -0.1) is 11.3 Å². The summed E-state index contributed by atoms with van der Waals surface area (Å²) in [5.41, 5.74) is 12.4. The molecule has 2 aromatic heterocycles. The number of rotatable bonds is 7. The molecular weight excluding hydrogens is 687 g/mol. The van der Waals surface area contributed by atoms with Crippen molar-refractivity contribution in [3.05, 3.63) is 200 Å². The first-order valence-corrected chi connectivity index (χ1v) is 19.3. The Hall–Kier alpha value is -7.01. The Morgan fingerprint density at radius 2 is 0.691 bits per heavy atom. The van der Waals surface area contributed by atoms with Gasteiger partial charge in [0.1, 0.15) is 0 Å². The van der Waals surface area contributed by atoms with Gasteiger partial charge in [0.05, 0.1) is 0 Å². The Balaban J connectivity index is 1.14. The normalized spacial score (nSPS) is 11.3. The predicted octanol–water partition coefficient (Wildman–Crippen LogP) is 13.9. The summed E-state index contributed by atoms with van der Waals surface area (Å²) in [6.45, 7) is 0. The van der Waals surface area contributed by atoms with Gasteiger partial charge < -0.3 is 0 Å². The second-order valence-corrected chi connectivity index (χ2v) is 14.6. The van der Waals surface area contributed by atoms with Gasteiger partial charge in [-0.2, -0.15) is 0 Å². The van der Waals surface area contributed by atoms with Crippen molar-refractivity contribution in [3.8, 4) is 78.7 Å². The van der Waals surface area contributed by atoms with E-state index in [0.29, 0.717) is 17.5 Å². The third-order valence-corrected chi connectivity index (χ3v) is 11.4. The average molecular weight is 720 g/mol. The zero-order valence-electron chi connectivity index (χ0n) is 29.8. The molecule has 0 aliphatic rings. The fourth-order valence-electron chi connectivity index (χ4n) is 7.48. The molecule has 0 atom stereocenters. The van der Waals surface area contributed by atoms with Crippen molar-refractivity contribution in [1.82, 2.24) is 15.0 Å². The van der Waals surface area contributed by atoms with E-state index in [1.165, 1.54) is 53.6 Å². The minimum atomic E-state index is 0.637. The van der Waals surface area contributed by atoms with Crippen LogP contribution >= 0.6 is 11.3 Å². The monoisotopic (exact) mass is 719 g/mol. The molecule has 0 spiro atoms. The van der Waals surface area contributed by atoms with Gasteiger partial charge in [-0.1, -0.05) is 188 Å². The molecule has 8 aromatic carbocycles. The fraction of sp³-hybridized carbons (Fsp3) is 0. The largest absolute Gasteiger partial charge is 0.208 e. The van der Waals surface area contributed by atoms with Crippen LogP contribution < -0.4 is 0 Å². The van der Waals surface area contributed by atoms with Gasteiger partial charge in [0.15, 0.2) is 17.5 Å². The highest BCUT2D eigenvalue weighted by atomic mass is 32.1. The summed E-state index contributed by atoms with van der Waals surface area (Å²) in [6, 6.07) is 70.4. The molecule has 4 heteroatoms. The number of hydrogen-bond acceptors (Lipinski definition) is 4. The lowest BCUT2D eigenvalue weighted by atomic mass is 9.92. The number of nitrogens with zero attached hydrogens (tertiary/aromatic N) is 3. The van der Waals surface area contributed by atoms with E-state index in [-0.39, 0.29) is 0 Å². The molecule has 55 heavy (non-hydrogen) atoms. The molecule has 0 unspecified atom stereocenters. The van der Waals surface area contributed by atoms with Crippen molar-refractivity contribution >= 4 is 31.5 Å². The first-order valence-electron chi connectivity index (χ1n) is 18.4. The number of thiophene rings is 1. The van der Waals surface area contributed by atoms with Crippen LogP contribution in [0, 0.1) is 0 Å².